The predicted octanol–water partition coefficient (Wildman–Crippen LogP) is 3.38. The minimum Gasteiger partial charge on any atom is -1.00 e. The van der Waals surface area contributed by atoms with E-state index in [1.807, 2.05) is 0 Å². The quantitative estimate of drug-likeness (QED) is 0.102. The number of halogens is 2. The van der Waals surface area contributed by atoms with Gasteiger partial charge in [-0.2, -0.15) is 0 Å². The molecule has 0 aliphatic carbocycles. The summed E-state index contributed by atoms with van der Waals surface area (Å²) in [5.41, 5.74) is 0. The minimum atomic E-state index is 0. The third kappa shape index (κ3) is 31.0. The molecule has 0 N–H and O–H groups in total. The normalized spacial score (nSPS) is 11.8. The molecule has 0 fully saturated rings. The third-order valence-corrected chi connectivity index (χ3v) is 7.76. The van der Waals surface area contributed by atoms with Crippen LogP contribution in [0.15, 0.2) is 0 Å². The van der Waals surface area contributed by atoms with Crippen LogP contribution in [0.1, 0.15) is 149 Å². The van der Waals surface area contributed by atoms with Gasteiger partial charge in [-0.05, 0) is 44.9 Å². The van der Waals surface area contributed by atoms with Crippen LogP contribution < -0.4 is 34.0 Å². The van der Waals surface area contributed by atoms with Crippen LogP contribution in [0.5, 0.6) is 0 Å². The number of unbranched alkanes of at least 4 members (excludes halogenated alkanes) is 18. The molecule has 0 atom stereocenters. The highest BCUT2D eigenvalue weighted by Crippen LogP contribution is 2.14. The van der Waals surface area contributed by atoms with Gasteiger partial charge in [-0.25, -0.2) is 0 Å². The SMILES string of the molecule is CCCCCCCCCCC[N+](C)(C)CCCCC[N+](C)(C)CCCCCCCCCCC.[Br-].[Br-]. The van der Waals surface area contributed by atoms with Crippen molar-refractivity contribution in [2.24, 2.45) is 0 Å². The van der Waals surface area contributed by atoms with Crippen LogP contribution in [0, 0.1) is 0 Å². The Morgan fingerprint density at radius 2 is 0.457 bits per heavy atom. The molecule has 2 nitrogen and oxygen atoms in total. The van der Waals surface area contributed by atoms with Crippen molar-refractivity contribution in [3.8, 4) is 0 Å². The van der Waals surface area contributed by atoms with Crippen molar-refractivity contribution >= 4 is 0 Å². The maximum absolute atomic E-state index is 2.45. The largest absolute Gasteiger partial charge is 1.00 e. The lowest BCUT2D eigenvalue weighted by Crippen LogP contribution is -3.00. The van der Waals surface area contributed by atoms with Gasteiger partial charge in [0.25, 0.3) is 0 Å². The molecule has 0 unspecified atom stereocenters. The number of hydrogen-bond donors (Lipinski definition) is 0. The van der Waals surface area contributed by atoms with Gasteiger partial charge in [0.2, 0.25) is 0 Å². The van der Waals surface area contributed by atoms with Gasteiger partial charge in [0.05, 0.1) is 54.4 Å². The fourth-order valence-electron chi connectivity index (χ4n) is 5.18. The molecule has 0 amide bonds. The zero-order chi connectivity index (χ0) is 24.7. The smallest absolute Gasteiger partial charge is 0.0782 e. The Kier molecular flexibility index (Phi) is 32.2. The molecule has 35 heavy (non-hydrogen) atoms. The van der Waals surface area contributed by atoms with Crippen molar-refractivity contribution < 1.29 is 42.9 Å². The van der Waals surface area contributed by atoms with Crippen LogP contribution in [-0.2, 0) is 0 Å². The van der Waals surface area contributed by atoms with Crippen LogP contribution in [0.4, 0.5) is 0 Å². The van der Waals surface area contributed by atoms with E-state index in [1.54, 1.807) is 0 Å². The molecule has 0 heterocycles. The Labute approximate surface area is 245 Å². The summed E-state index contributed by atoms with van der Waals surface area (Å²) in [4.78, 5) is 0. The second-order valence-electron chi connectivity index (χ2n) is 12.5. The zero-order valence-electron chi connectivity index (χ0n) is 25.3. The van der Waals surface area contributed by atoms with E-state index in [1.165, 1.54) is 170 Å². The zero-order valence-corrected chi connectivity index (χ0v) is 28.5. The molecule has 0 saturated carbocycles. The van der Waals surface area contributed by atoms with Gasteiger partial charge >= 0.3 is 0 Å². The first-order valence-electron chi connectivity index (χ1n) is 15.5. The fraction of sp³-hybridized carbons (Fsp3) is 1.00. The van der Waals surface area contributed by atoms with Gasteiger partial charge in [-0.1, -0.05) is 104 Å². The van der Waals surface area contributed by atoms with Crippen LogP contribution in [-0.4, -0.2) is 63.3 Å². The molecule has 0 aromatic heterocycles. The van der Waals surface area contributed by atoms with Crippen molar-refractivity contribution in [2.45, 2.75) is 149 Å². The summed E-state index contributed by atoms with van der Waals surface area (Å²) in [7, 11) is 9.81. The van der Waals surface area contributed by atoms with Crippen LogP contribution in [0.3, 0.4) is 0 Å². The average molecular weight is 629 g/mol. The molecule has 0 bridgehead atoms. The van der Waals surface area contributed by atoms with E-state index in [0.29, 0.717) is 0 Å². The standard InChI is InChI=1S/C31H68N2.2BrH/c1-7-9-11-13-15-17-19-21-24-28-32(3,4)30-26-23-27-31-33(5,6)29-25-22-20-18-16-14-12-10-8-2;;/h7-31H2,1-6H3;2*1H/q+2;;/p-2. The van der Waals surface area contributed by atoms with Crippen molar-refractivity contribution in [3.05, 3.63) is 0 Å². The monoisotopic (exact) mass is 626 g/mol. The molecular weight excluding hydrogens is 560 g/mol. The topological polar surface area (TPSA) is 0 Å². The lowest BCUT2D eigenvalue weighted by molar-refractivity contribution is -0.892. The van der Waals surface area contributed by atoms with E-state index in [4.69, 9.17) is 0 Å². The Balaban J connectivity index is -0.00000512. The molecule has 0 saturated heterocycles. The van der Waals surface area contributed by atoms with Gasteiger partial charge in [-0.3, -0.25) is 0 Å². The summed E-state index contributed by atoms with van der Waals surface area (Å²) in [6, 6.07) is 0. The van der Waals surface area contributed by atoms with E-state index < -0.39 is 0 Å². The molecule has 0 aliphatic rings. The highest BCUT2D eigenvalue weighted by atomic mass is 79.9. The molecule has 0 aromatic rings. The van der Waals surface area contributed by atoms with Gasteiger partial charge in [0.1, 0.15) is 0 Å². The summed E-state index contributed by atoms with van der Waals surface area (Å²) in [6.07, 6.45) is 30.2. The molecule has 0 spiro atoms. The molecule has 0 aliphatic heterocycles. The van der Waals surface area contributed by atoms with Gasteiger partial charge in [0, 0.05) is 0 Å². The van der Waals surface area contributed by atoms with E-state index in [-0.39, 0.29) is 34.0 Å². The molecule has 4 heteroatoms. The Bertz CT molecular complexity index is 363. The van der Waals surface area contributed by atoms with Crippen molar-refractivity contribution in [3.63, 3.8) is 0 Å². The summed E-state index contributed by atoms with van der Waals surface area (Å²) >= 11 is 0. The Morgan fingerprint density at radius 3 is 0.686 bits per heavy atom. The first-order chi connectivity index (χ1) is 15.8. The van der Waals surface area contributed by atoms with E-state index in [0.717, 1.165) is 0 Å². The van der Waals surface area contributed by atoms with Crippen molar-refractivity contribution in [2.75, 3.05) is 54.4 Å². The first kappa shape index (κ1) is 40.4. The van der Waals surface area contributed by atoms with Gasteiger partial charge in [0.15, 0.2) is 0 Å². The lowest BCUT2D eigenvalue weighted by Gasteiger charge is -2.31. The highest BCUT2D eigenvalue weighted by molar-refractivity contribution is 4.50. The third-order valence-electron chi connectivity index (χ3n) is 7.76. The highest BCUT2D eigenvalue weighted by Gasteiger charge is 2.16. The number of rotatable bonds is 26. The van der Waals surface area contributed by atoms with E-state index in [2.05, 4.69) is 42.0 Å². The molecule has 216 valence electrons. The number of hydrogen-bond acceptors (Lipinski definition) is 0. The minimum absolute atomic E-state index is 0. The van der Waals surface area contributed by atoms with Crippen molar-refractivity contribution in [1.82, 2.24) is 0 Å². The summed E-state index contributed by atoms with van der Waals surface area (Å²) in [5, 5.41) is 0. The molecular formula is C31H68Br2N2. The summed E-state index contributed by atoms with van der Waals surface area (Å²) in [5.74, 6) is 0. The molecule has 0 radical (unpaired) electrons. The summed E-state index contributed by atoms with van der Waals surface area (Å²) in [6.45, 7) is 10.1. The van der Waals surface area contributed by atoms with Crippen LogP contribution in [0.25, 0.3) is 0 Å². The second kappa shape index (κ2) is 27.9. The Morgan fingerprint density at radius 1 is 0.286 bits per heavy atom. The summed E-state index contributed by atoms with van der Waals surface area (Å²) < 4.78 is 2.46. The number of nitrogens with zero attached hydrogens (tertiary/aromatic N) is 2. The second-order valence-corrected chi connectivity index (χ2v) is 12.5. The van der Waals surface area contributed by atoms with Crippen LogP contribution in [0.2, 0.25) is 0 Å². The van der Waals surface area contributed by atoms with E-state index in [9.17, 15) is 0 Å². The lowest BCUT2D eigenvalue weighted by atomic mass is 10.1. The molecule has 0 rings (SSSR count). The maximum Gasteiger partial charge on any atom is 0.0782 e. The fourth-order valence-corrected chi connectivity index (χ4v) is 5.18. The predicted molar refractivity (Wildman–Crippen MR) is 152 cm³/mol. The number of quaternary nitrogens is 2. The molecule has 0 aromatic carbocycles. The van der Waals surface area contributed by atoms with Gasteiger partial charge in [-0.15, -0.1) is 0 Å². The Hall–Kier alpha value is 0.880. The van der Waals surface area contributed by atoms with Crippen molar-refractivity contribution in [1.29, 1.82) is 0 Å². The van der Waals surface area contributed by atoms with Crippen LogP contribution >= 0.6 is 0 Å². The average Bonchev–Trinajstić information content (AvgIpc) is 2.76. The van der Waals surface area contributed by atoms with E-state index >= 15 is 0 Å². The van der Waals surface area contributed by atoms with Gasteiger partial charge < -0.3 is 42.9 Å². The first-order valence-corrected chi connectivity index (χ1v) is 15.5. The maximum atomic E-state index is 2.45.